The molecule has 16 nitrogen and oxygen atoms in total. The van der Waals surface area contributed by atoms with Gasteiger partial charge in [0.2, 0.25) is 23.8 Å². The lowest BCUT2D eigenvalue weighted by Crippen LogP contribution is -2.60. The average molecular weight is 625 g/mol. The van der Waals surface area contributed by atoms with Crippen LogP contribution in [-0.2, 0) is 9.47 Å². The number of ether oxygens (including phenoxy) is 5. The van der Waals surface area contributed by atoms with E-state index in [0.29, 0.717) is 0 Å². The summed E-state index contributed by atoms with van der Waals surface area (Å²) in [7, 11) is 1.28. The minimum absolute atomic E-state index is 0.0257. The number of hydrogen-bond acceptors (Lipinski definition) is 16. The maximum atomic E-state index is 13.8. The second kappa shape index (κ2) is 12.4. The van der Waals surface area contributed by atoms with Gasteiger partial charge in [-0.25, -0.2) is 0 Å². The molecule has 9 N–H and O–H groups in total. The van der Waals surface area contributed by atoms with Gasteiger partial charge in [-0.3, -0.25) is 4.79 Å². The molecule has 0 saturated carbocycles. The lowest BCUT2D eigenvalue weighted by atomic mass is 9.99. The number of aliphatic hydroxyl groups is 7. The van der Waals surface area contributed by atoms with Crippen molar-refractivity contribution in [3.63, 3.8) is 0 Å². The highest BCUT2D eigenvalue weighted by atomic mass is 16.7. The van der Waals surface area contributed by atoms with E-state index in [1.54, 1.807) is 0 Å². The van der Waals surface area contributed by atoms with Gasteiger partial charge in [0.05, 0.1) is 19.8 Å². The molecule has 44 heavy (non-hydrogen) atoms. The predicted octanol–water partition coefficient (Wildman–Crippen LogP) is -1.74. The van der Waals surface area contributed by atoms with Gasteiger partial charge in [0, 0.05) is 17.7 Å². The Morgan fingerprint density at radius 1 is 0.795 bits per heavy atom. The molecule has 0 amide bonds. The third-order valence-corrected chi connectivity index (χ3v) is 7.49. The second-order valence-electron chi connectivity index (χ2n) is 10.4. The van der Waals surface area contributed by atoms with E-state index in [0.717, 1.165) is 6.07 Å². The zero-order chi connectivity index (χ0) is 32.0. The van der Waals surface area contributed by atoms with Crippen LogP contribution in [0.15, 0.2) is 39.5 Å². The van der Waals surface area contributed by atoms with Crippen LogP contribution in [0.5, 0.6) is 28.7 Å². The molecule has 2 aliphatic rings. The molecule has 1 aromatic heterocycles. The summed E-state index contributed by atoms with van der Waals surface area (Å²) in [5.74, 6) is -2.08. The van der Waals surface area contributed by atoms with Crippen molar-refractivity contribution in [3.8, 4) is 40.1 Å². The molecule has 2 aliphatic heterocycles. The third kappa shape index (κ3) is 5.63. The lowest BCUT2D eigenvalue weighted by Gasteiger charge is -2.39. The number of methoxy groups -OCH3 is 1. The minimum Gasteiger partial charge on any atom is -0.507 e. The van der Waals surface area contributed by atoms with Crippen LogP contribution in [-0.4, -0.2) is 121 Å². The van der Waals surface area contributed by atoms with E-state index in [1.807, 2.05) is 0 Å². The van der Waals surface area contributed by atoms with Gasteiger partial charge in [0.25, 0.3) is 0 Å². The Kier molecular flexibility index (Phi) is 8.90. The third-order valence-electron chi connectivity index (χ3n) is 7.49. The van der Waals surface area contributed by atoms with E-state index in [9.17, 15) is 50.8 Å². The van der Waals surface area contributed by atoms with Crippen molar-refractivity contribution < 1.29 is 74.1 Å². The number of benzene rings is 2. The van der Waals surface area contributed by atoms with Crippen molar-refractivity contribution in [1.82, 2.24) is 0 Å². The highest BCUT2D eigenvalue weighted by molar-refractivity contribution is 5.88. The molecule has 2 saturated heterocycles. The van der Waals surface area contributed by atoms with Crippen LogP contribution in [0.25, 0.3) is 22.3 Å². The zero-order valence-electron chi connectivity index (χ0n) is 23.3. The number of hydrogen-bond donors (Lipinski definition) is 9. The Bertz CT molecular complexity index is 1550. The zero-order valence-corrected chi connectivity index (χ0v) is 23.3. The van der Waals surface area contributed by atoms with Crippen LogP contribution in [0.2, 0.25) is 0 Å². The molecular weight excluding hydrogens is 592 g/mol. The average Bonchev–Trinajstić information content (AvgIpc) is 3.00. The topological polar surface area (TPSA) is 258 Å². The first kappa shape index (κ1) is 31.7. The van der Waals surface area contributed by atoms with E-state index >= 15 is 0 Å². The molecule has 0 unspecified atom stereocenters. The maximum absolute atomic E-state index is 13.8. The predicted molar refractivity (Wildman–Crippen MR) is 145 cm³/mol. The van der Waals surface area contributed by atoms with Crippen molar-refractivity contribution >= 4 is 11.0 Å². The molecule has 240 valence electrons. The fourth-order valence-corrected chi connectivity index (χ4v) is 4.97. The van der Waals surface area contributed by atoms with Gasteiger partial charge < -0.3 is 74.1 Å². The molecule has 10 atom stereocenters. The molecule has 2 fully saturated rings. The van der Waals surface area contributed by atoms with Crippen LogP contribution in [0.1, 0.15) is 6.92 Å². The van der Waals surface area contributed by atoms with Gasteiger partial charge in [-0.2, -0.15) is 0 Å². The van der Waals surface area contributed by atoms with E-state index in [4.69, 9.17) is 28.1 Å². The molecule has 0 spiro atoms. The summed E-state index contributed by atoms with van der Waals surface area (Å²) in [5.41, 5.74) is -1.16. The first-order valence-electron chi connectivity index (χ1n) is 13.4. The SMILES string of the molecule is COc1cc(-c2oc3cc(O[C@@H]4O[C@@H](C)[C@H](O)[C@@H](O)[C@@H]4O)cc(O)c3c(=O)c2O[C@H]2O[C@@H](CO)[C@H](O)[C@H](O)[C@@H]2O)ccc1O. The Balaban J connectivity index is 1.62. The highest BCUT2D eigenvalue weighted by Gasteiger charge is 2.46. The van der Waals surface area contributed by atoms with Crippen LogP contribution >= 0.6 is 0 Å². The number of phenols is 2. The monoisotopic (exact) mass is 624 g/mol. The number of aliphatic hydroxyl groups excluding tert-OH is 7. The molecular formula is C28H32O16. The molecule has 16 heteroatoms. The molecule has 3 aromatic rings. The summed E-state index contributed by atoms with van der Waals surface area (Å²) >= 11 is 0. The maximum Gasteiger partial charge on any atom is 0.239 e. The molecule has 0 aliphatic carbocycles. The quantitative estimate of drug-likeness (QED) is 0.141. The summed E-state index contributed by atoms with van der Waals surface area (Å²) in [6.45, 7) is 0.680. The minimum atomic E-state index is -1.90. The largest absolute Gasteiger partial charge is 0.507 e. The van der Waals surface area contributed by atoms with Gasteiger partial charge in [0.15, 0.2) is 17.3 Å². The summed E-state index contributed by atoms with van der Waals surface area (Å²) in [5, 5.41) is 91.4. The highest BCUT2D eigenvalue weighted by Crippen LogP contribution is 2.40. The number of aromatic hydroxyl groups is 2. The van der Waals surface area contributed by atoms with Crippen molar-refractivity contribution in [2.75, 3.05) is 13.7 Å². The van der Waals surface area contributed by atoms with Crippen LogP contribution < -0.4 is 19.6 Å². The Labute approximate surface area is 248 Å². The lowest BCUT2D eigenvalue weighted by molar-refractivity contribution is -0.277. The fourth-order valence-electron chi connectivity index (χ4n) is 4.97. The van der Waals surface area contributed by atoms with E-state index in [-0.39, 0.29) is 34.2 Å². The van der Waals surface area contributed by atoms with Crippen molar-refractivity contribution in [2.24, 2.45) is 0 Å². The molecule has 0 radical (unpaired) electrons. The number of rotatable bonds is 7. The van der Waals surface area contributed by atoms with Crippen molar-refractivity contribution in [2.45, 2.75) is 68.3 Å². The van der Waals surface area contributed by atoms with Gasteiger partial charge in [-0.15, -0.1) is 0 Å². The molecule has 0 bridgehead atoms. The summed E-state index contributed by atoms with van der Waals surface area (Å²) in [6, 6.07) is 6.03. The van der Waals surface area contributed by atoms with Gasteiger partial charge >= 0.3 is 0 Å². The smallest absolute Gasteiger partial charge is 0.239 e. The molecule has 2 aromatic carbocycles. The van der Waals surface area contributed by atoms with Crippen LogP contribution in [0.3, 0.4) is 0 Å². The van der Waals surface area contributed by atoms with E-state index in [1.165, 1.54) is 38.3 Å². The Hall–Kier alpha value is -3.71. The number of fused-ring (bicyclic) bond motifs is 1. The Morgan fingerprint density at radius 2 is 1.45 bits per heavy atom. The fraction of sp³-hybridized carbons (Fsp3) is 0.464. The summed E-state index contributed by atoms with van der Waals surface area (Å²) < 4.78 is 33.3. The standard InChI is InChI=1S/C28H32O16/c1-9-18(32)21(35)23(37)27(40-9)41-11-6-13(31)17-15(7-11)42-25(10-3-4-12(30)14(5-10)39-2)26(20(17)34)44-28-24(38)22(36)19(33)16(8-29)43-28/h3-7,9,16,18-19,21-24,27-33,35-38H,8H2,1-2H3/t9-,16-,18-,19-,21+,22-,23-,24-,27-,28+/m0/s1. The normalized spacial score (nSPS) is 32.4. The summed E-state index contributed by atoms with van der Waals surface area (Å²) in [4.78, 5) is 13.8. The van der Waals surface area contributed by atoms with Gasteiger partial charge in [0.1, 0.15) is 65.2 Å². The van der Waals surface area contributed by atoms with E-state index < -0.39 is 90.3 Å². The molecule has 5 rings (SSSR count). The van der Waals surface area contributed by atoms with Crippen LogP contribution in [0, 0.1) is 0 Å². The van der Waals surface area contributed by atoms with Gasteiger partial charge in [-0.05, 0) is 25.1 Å². The summed E-state index contributed by atoms with van der Waals surface area (Å²) in [6.07, 6.45) is -15.7. The van der Waals surface area contributed by atoms with E-state index in [2.05, 4.69) is 0 Å². The Morgan fingerprint density at radius 3 is 2.11 bits per heavy atom. The van der Waals surface area contributed by atoms with Crippen molar-refractivity contribution in [3.05, 3.63) is 40.6 Å². The first-order chi connectivity index (χ1) is 20.9. The van der Waals surface area contributed by atoms with Crippen molar-refractivity contribution in [1.29, 1.82) is 0 Å². The molecule has 3 heterocycles. The second-order valence-corrected chi connectivity index (χ2v) is 10.4. The van der Waals surface area contributed by atoms with Gasteiger partial charge in [-0.1, -0.05) is 0 Å². The first-order valence-corrected chi connectivity index (χ1v) is 13.4. The van der Waals surface area contributed by atoms with Crippen LogP contribution in [0.4, 0.5) is 0 Å². The number of phenolic OH excluding ortho intramolecular Hbond substituents is 2.